The van der Waals surface area contributed by atoms with Crippen LogP contribution in [0.15, 0.2) is 47.1 Å². The molecule has 0 radical (unpaired) electrons. The number of fused-ring (bicyclic) bond motifs is 1. The number of aryl methyl sites for hydroxylation is 1. The summed E-state index contributed by atoms with van der Waals surface area (Å²) in [4.78, 5) is 27.1. The maximum Gasteiger partial charge on any atom is 0.416 e. The summed E-state index contributed by atoms with van der Waals surface area (Å²) in [5, 5.41) is 5.53. The highest BCUT2D eigenvalue weighted by Crippen LogP contribution is 2.32. The molecule has 5 nitrogen and oxygen atoms in total. The second kappa shape index (κ2) is 7.67. The standard InChI is InChI=1S/C19H15BrF3N3O2/c1-10-2-3-11(6-14(10)19(21,22)23)8-25-17(27)18(28)26-16-9-24-15-5-4-12(20)7-13(15)16/h2-7,9,24H,8H2,1H3,(H,25,27)(H,26,28). The van der Waals surface area contributed by atoms with E-state index < -0.39 is 23.6 Å². The van der Waals surface area contributed by atoms with E-state index in [-0.39, 0.29) is 17.7 Å². The number of halogens is 4. The molecule has 0 atom stereocenters. The van der Waals surface area contributed by atoms with Crippen molar-refractivity contribution in [3.8, 4) is 0 Å². The van der Waals surface area contributed by atoms with Crippen molar-refractivity contribution in [1.82, 2.24) is 10.3 Å². The van der Waals surface area contributed by atoms with Crippen molar-refractivity contribution in [3.63, 3.8) is 0 Å². The van der Waals surface area contributed by atoms with Crippen LogP contribution in [-0.2, 0) is 22.3 Å². The minimum Gasteiger partial charge on any atom is -0.359 e. The lowest BCUT2D eigenvalue weighted by Gasteiger charge is -2.12. The topological polar surface area (TPSA) is 74.0 Å². The van der Waals surface area contributed by atoms with E-state index in [1.807, 2.05) is 12.1 Å². The molecule has 28 heavy (non-hydrogen) atoms. The number of hydrogen-bond donors (Lipinski definition) is 3. The molecule has 1 aromatic heterocycles. The minimum absolute atomic E-state index is 0.0887. The van der Waals surface area contributed by atoms with Gasteiger partial charge >= 0.3 is 18.0 Å². The SMILES string of the molecule is Cc1ccc(CNC(=O)C(=O)Nc2c[nH]c3ccc(Br)cc23)cc1C(F)(F)F. The summed E-state index contributed by atoms with van der Waals surface area (Å²) < 4.78 is 39.7. The van der Waals surface area contributed by atoms with Crippen molar-refractivity contribution in [3.05, 3.63) is 63.8 Å². The third kappa shape index (κ3) is 4.36. The van der Waals surface area contributed by atoms with Gasteiger partial charge in [0.05, 0.1) is 11.3 Å². The Bertz CT molecular complexity index is 1060. The Morgan fingerprint density at radius 1 is 1.11 bits per heavy atom. The zero-order valence-electron chi connectivity index (χ0n) is 14.6. The fraction of sp³-hybridized carbons (Fsp3) is 0.158. The second-order valence-corrected chi connectivity index (χ2v) is 7.09. The summed E-state index contributed by atoms with van der Waals surface area (Å²) in [6.45, 7) is 1.16. The first-order valence-electron chi connectivity index (χ1n) is 8.17. The van der Waals surface area contributed by atoms with Crippen LogP contribution in [-0.4, -0.2) is 16.8 Å². The Morgan fingerprint density at radius 2 is 1.86 bits per heavy atom. The first kappa shape index (κ1) is 19.9. The average Bonchev–Trinajstić information content (AvgIpc) is 3.01. The van der Waals surface area contributed by atoms with Gasteiger partial charge in [-0.1, -0.05) is 28.1 Å². The number of anilines is 1. The number of hydrogen-bond acceptors (Lipinski definition) is 2. The Morgan fingerprint density at radius 3 is 2.57 bits per heavy atom. The zero-order chi connectivity index (χ0) is 20.5. The van der Waals surface area contributed by atoms with Crippen LogP contribution in [0.2, 0.25) is 0 Å². The third-order valence-electron chi connectivity index (χ3n) is 4.16. The molecule has 146 valence electrons. The van der Waals surface area contributed by atoms with E-state index in [0.29, 0.717) is 11.1 Å². The molecule has 0 saturated heterocycles. The van der Waals surface area contributed by atoms with E-state index in [1.54, 1.807) is 12.3 Å². The summed E-state index contributed by atoms with van der Waals surface area (Å²) in [7, 11) is 0. The molecule has 0 fully saturated rings. The first-order chi connectivity index (χ1) is 13.1. The number of carbonyl (C=O) groups is 2. The van der Waals surface area contributed by atoms with Gasteiger partial charge < -0.3 is 15.6 Å². The quantitative estimate of drug-likeness (QED) is 0.510. The van der Waals surface area contributed by atoms with Crippen LogP contribution in [0.25, 0.3) is 10.9 Å². The van der Waals surface area contributed by atoms with E-state index in [2.05, 4.69) is 31.5 Å². The summed E-state index contributed by atoms with van der Waals surface area (Å²) in [6.07, 6.45) is -2.93. The fourth-order valence-electron chi connectivity index (χ4n) is 2.72. The number of carbonyl (C=O) groups excluding carboxylic acids is 2. The Hall–Kier alpha value is -2.81. The van der Waals surface area contributed by atoms with Crippen LogP contribution >= 0.6 is 15.9 Å². The van der Waals surface area contributed by atoms with Gasteiger partial charge in [0, 0.05) is 28.1 Å². The predicted octanol–water partition coefficient (Wildman–Crippen LogP) is 4.51. The molecule has 2 amide bonds. The monoisotopic (exact) mass is 453 g/mol. The summed E-state index contributed by atoms with van der Waals surface area (Å²) in [5.41, 5.74) is 0.762. The lowest BCUT2D eigenvalue weighted by molar-refractivity contribution is -0.138. The number of H-pyrrole nitrogens is 1. The van der Waals surface area contributed by atoms with Crippen LogP contribution in [0.5, 0.6) is 0 Å². The number of nitrogens with one attached hydrogen (secondary N) is 3. The van der Waals surface area contributed by atoms with Crippen LogP contribution in [0.1, 0.15) is 16.7 Å². The Kier molecular flexibility index (Phi) is 5.46. The largest absolute Gasteiger partial charge is 0.416 e. The molecule has 3 N–H and O–H groups in total. The van der Waals surface area contributed by atoms with Crippen LogP contribution in [0.3, 0.4) is 0 Å². The molecule has 0 aliphatic rings. The van der Waals surface area contributed by atoms with Crippen molar-refractivity contribution in [2.24, 2.45) is 0 Å². The molecule has 0 aliphatic carbocycles. The van der Waals surface area contributed by atoms with Gasteiger partial charge in [-0.05, 0) is 42.3 Å². The summed E-state index contributed by atoms with van der Waals surface area (Å²) in [6, 6.07) is 9.18. The van der Waals surface area contributed by atoms with E-state index in [9.17, 15) is 22.8 Å². The van der Waals surface area contributed by atoms with Crippen LogP contribution in [0, 0.1) is 6.92 Å². The van der Waals surface area contributed by atoms with Crippen molar-refractivity contribution < 1.29 is 22.8 Å². The second-order valence-electron chi connectivity index (χ2n) is 6.18. The Labute approximate surface area is 166 Å². The molecule has 2 aromatic carbocycles. The maximum atomic E-state index is 13.0. The average molecular weight is 454 g/mol. The highest BCUT2D eigenvalue weighted by Gasteiger charge is 2.32. The van der Waals surface area contributed by atoms with Gasteiger partial charge in [0.1, 0.15) is 0 Å². The highest BCUT2D eigenvalue weighted by molar-refractivity contribution is 9.10. The molecule has 0 bridgehead atoms. The van der Waals surface area contributed by atoms with Crippen molar-refractivity contribution in [1.29, 1.82) is 0 Å². The zero-order valence-corrected chi connectivity index (χ0v) is 16.2. The molecular formula is C19H15BrF3N3O2. The number of aromatic nitrogens is 1. The summed E-state index contributed by atoms with van der Waals surface area (Å²) in [5.74, 6) is -1.86. The normalized spacial score (nSPS) is 11.5. The van der Waals surface area contributed by atoms with E-state index in [1.165, 1.54) is 19.1 Å². The van der Waals surface area contributed by atoms with Gasteiger partial charge in [0.25, 0.3) is 0 Å². The van der Waals surface area contributed by atoms with Gasteiger partial charge in [-0.25, -0.2) is 0 Å². The number of aromatic amines is 1. The Balaban J connectivity index is 1.66. The summed E-state index contributed by atoms with van der Waals surface area (Å²) >= 11 is 3.34. The molecule has 0 aliphatic heterocycles. The highest BCUT2D eigenvalue weighted by atomic mass is 79.9. The molecule has 1 heterocycles. The van der Waals surface area contributed by atoms with Gasteiger partial charge in [-0.15, -0.1) is 0 Å². The van der Waals surface area contributed by atoms with Gasteiger partial charge in [0.2, 0.25) is 0 Å². The van der Waals surface area contributed by atoms with Crippen molar-refractivity contribution >= 4 is 44.3 Å². The fourth-order valence-corrected chi connectivity index (χ4v) is 3.08. The molecule has 0 saturated carbocycles. The van der Waals surface area contributed by atoms with E-state index >= 15 is 0 Å². The molecule has 3 rings (SSSR count). The third-order valence-corrected chi connectivity index (χ3v) is 4.65. The number of alkyl halides is 3. The van der Waals surface area contributed by atoms with Crippen molar-refractivity contribution in [2.45, 2.75) is 19.6 Å². The van der Waals surface area contributed by atoms with E-state index in [0.717, 1.165) is 16.1 Å². The van der Waals surface area contributed by atoms with Gasteiger partial charge in [-0.2, -0.15) is 13.2 Å². The number of rotatable bonds is 3. The van der Waals surface area contributed by atoms with Crippen LogP contribution in [0.4, 0.5) is 18.9 Å². The lowest BCUT2D eigenvalue weighted by Crippen LogP contribution is -2.35. The maximum absolute atomic E-state index is 13.0. The minimum atomic E-state index is -4.48. The molecule has 0 unspecified atom stereocenters. The van der Waals surface area contributed by atoms with Gasteiger partial charge in [-0.3, -0.25) is 9.59 Å². The van der Waals surface area contributed by atoms with E-state index in [4.69, 9.17) is 0 Å². The number of amides is 2. The first-order valence-corrected chi connectivity index (χ1v) is 8.97. The lowest BCUT2D eigenvalue weighted by atomic mass is 10.0. The van der Waals surface area contributed by atoms with Crippen LogP contribution < -0.4 is 10.6 Å². The molecular weight excluding hydrogens is 439 g/mol. The molecule has 3 aromatic rings. The predicted molar refractivity (Wildman–Crippen MR) is 103 cm³/mol. The van der Waals surface area contributed by atoms with Crippen molar-refractivity contribution in [2.75, 3.05) is 5.32 Å². The molecule has 0 spiro atoms. The molecule has 9 heteroatoms. The smallest absolute Gasteiger partial charge is 0.359 e. The van der Waals surface area contributed by atoms with Gasteiger partial charge in [0.15, 0.2) is 0 Å². The number of benzene rings is 2.